The van der Waals surface area contributed by atoms with Crippen LogP contribution in [0.3, 0.4) is 0 Å². The first kappa shape index (κ1) is 30.0. The van der Waals surface area contributed by atoms with Crippen LogP contribution in [-0.4, -0.2) is 54.0 Å². The number of ether oxygens (including phenoxy) is 1. The summed E-state index contributed by atoms with van der Waals surface area (Å²) in [5.74, 6) is -0.234. The van der Waals surface area contributed by atoms with Gasteiger partial charge in [0.05, 0.1) is 0 Å². The molecule has 8 nitrogen and oxygen atoms in total. The molecule has 1 fully saturated rings. The van der Waals surface area contributed by atoms with Gasteiger partial charge in [-0.05, 0) is 80.8 Å². The third kappa shape index (κ3) is 7.14. The molecule has 2 aromatic heterocycles. The molecule has 8 heteroatoms. The Kier molecular flexibility index (Phi) is 9.57. The summed E-state index contributed by atoms with van der Waals surface area (Å²) >= 11 is 0. The van der Waals surface area contributed by atoms with Gasteiger partial charge < -0.3 is 24.4 Å². The zero-order valence-corrected chi connectivity index (χ0v) is 25.6. The van der Waals surface area contributed by atoms with E-state index in [4.69, 9.17) is 9.72 Å². The number of nitrogens with zero attached hydrogens (tertiary/aromatic N) is 4. The third-order valence-electron chi connectivity index (χ3n) is 7.85. The van der Waals surface area contributed by atoms with E-state index in [0.29, 0.717) is 18.0 Å². The fraction of sp³-hybridized carbons (Fsp3) is 0.343. The van der Waals surface area contributed by atoms with Gasteiger partial charge in [0.1, 0.15) is 18.2 Å². The van der Waals surface area contributed by atoms with Crippen LogP contribution < -0.4 is 15.1 Å². The minimum absolute atomic E-state index is 0.217. The number of rotatable bonds is 11. The molecule has 1 saturated heterocycles. The Morgan fingerprint density at radius 3 is 2.26 bits per heavy atom. The molecule has 0 spiro atoms. The van der Waals surface area contributed by atoms with E-state index < -0.39 is 11.7 Å². The van der Waals surface area contributed by atoms with E-state index in [1.54, 1.807) is 4.57 Å². The van der Waals surface area contributed by atoms with Crippen molar-refractivity contribution in [2.24, 2.45) is 0 Å². The van der Waals surface area contributed by atoms with Crippen LogP contribution in [0.2, 0.25) is 0 Å². The molecular formula is C35H41N5O3. The number of anilines is 3. The fourth-order valence-electron chi connectivity index (χ4n) is 5.55. The molecule has 1 N–H and O–H groups in total. The first-order chi connectivity index (χ1) is 20.8. The highest BCUT2D eigenvalue weighted by Gasteiger charge is 2.27. The Morgan fingerprint density at radius 1 is 0.884 bits per heavy atom. The number of benzene rings is 2. The van der Waals surface area contributed by atoms with Gasteiger partial charge >= 0.3 is 0 Å². The number of aromatic nitrogens is 2. The van der Waals surface area contributed by atoms with Crippen LogP contribution in [0.25, 0.3) is 11.1 Å². The Bertz CT molecular complexity index is 1530. The van der Waals surface area contributed by atoms with Crippen molar-refractivity contribution in [2.75, 3.05) is 47.9 Å². The first-order valence-corrected chi connectivity index (χ1v) is 15.1. The number of amides is 1. The van der Waals surface area contributed by atoms with Gasteiger partial charge in [-0.25, -0.2) is 4.98 Å². The molecule has 0 bridgehead atoms. The monoisotopic (exact) mass is 579 g/mol. The van der Waals surface area contributed by atoms with Crippen LogP contribution in [0.4, 0.5) is 17.2 Å². The second kappa shape index (κ2) is 13.7. The second-order valence-electron chi connectivity index (χ2n) is 11.2. The maximum absolute atomic E-state index is 13.7. The largest absolute Gasteiger partial charge is 0.368 e. The number of carbonyl (C=O) groups is 2. The zero-order chi connectivity index (χ0) is 30.3. The summed E-state index contributed by atoms with van der Waals surface area (Å²) in [6, 6.07) is 23.6. The highest BCUT2D eigenvalue weighted by atomic mass is 16.5. The normalized spacial score (nSPS) is 13.3. The maximum Gasteiger partial charge on any atom is 0.298 e. The summed E-state index contributed by atoms with van der Waals surface area (Å²) < 4.78 is 7.66. The van der Waals surface area contributed by atoms with Crippen molar-refractivity contribution in [3.63, 3.8) is 0 Å². The predicted octanol–water partition coefficient (Wildman–Crippen LogP) is 6.40. The summed E-state index contributed by atoms with van der Waals surface area (Å²) in [7, 11) is 0. The number of nitrogens with one attached hydrogen (secondary N) is 1. The van der Waals surface area contributed by atoms with Crippen LogP contribution in [0.15, 0.2) is 72.8 Å². The molecule has 0 atom stereocenters. The smallest absolute Gasteiger partial charge is 0.298 e. The van der Waals surface area contributed by atoms with Crippen molar-refractivity contribution < 1.29 is 14.3 Å². The van der Waals surface area contributed by atoms with Crippen LogP contribution in [-0.2, 0) is 16.3 Å². The van der Waals surface area contributed by atoms with Gasteiger partial charge in [0, 0.05) is 61.1 Å². The average Bonchev–Trinajstić information content (AvgIpc) is 3.35. The van der Waals surface area contributed by atoms with Crippen LogP contribution >= 0.6 is 0 Å². The molecule has 0 unspecified atom stereocenters. The molecule has 43 heavy (non-hydrogen) atoms. The van der Waals surface area contributed by atoms with E-state index in [1.807, 2.05) is 74.5 Å². The lowest BCUT2D eigenvalue weighted by Crippen LogP contribution is -2.46. The average molecular weight is 580 g/mol. The van der Waals surface area contributed by atoms with Crippen LogP contribution in [0, 0.1) is 20.8 Å². The summed E-state index contributed by atoms with van der Waals surface area (Å²) in [4.78, 5) is 36.3. The van der Waals surface area contributed by atoms with E-state index in [0.717, 1.165) is 73.0 Å². The van der Waals surface area contributed by atoms with Gasteiger partial charge in [0.2, 0.25) is 0 Å². The number of piperazine rings is 1. The summed E-state index contributed by atoms with van der Waals surface area (Å²) in [5.41, 5.74) is 6.73. The van der Waals surface area contributed by atoms with Gasteiger partial charge in [-0.2, -0.15) is 0 Å². The third-order valence-corrected chi connectivity index (χ3v) is 7.85. The topological polar surface area (TPSA) is 79.7 Å². The molecule has 2 aromatic carbocycles. The fourth-order valence-corrected chi connectivity index (χ4v) is 5.55. The highest BCUT2D eigenvalue weighted by Crippen LogP contribution is 2.29. The molecule has 1 aliphatic rings. The molecular weight excluding hydrogens is 538 g/mol. The number of pyridine rings is 1. The van der Waals surface area contributed by atoms with E-state index in [1.165, 1.54) is 5.56 Å². The molecule has 4 aromatic rings. The summed E-state index contributed by atoms with van der Waals surface area (Å²) in [5, 5.41) is 2.82. The number of Topliss-reactive ketones (excluding diaryl/α,β-unsaturated/α-hetero) is 1. The molecule has 0 aliphatic carbocycles. The van der Waals surface area contributed by atoms with E-state index in [2.05, 4.69) is 41.1 Å². The van der Waals surface area contributed by atoms with Crippen molar-refractivity contribution in [2.45, 2.75) is 47.3 Å². The molecule has 1 amide bonds. The van der Waals surface area contributed by atoms with Gasteiger partial charge in [0.15, 0.2) is 0 Å². The first-order valence-electron chi connectivity index (χ1n) is 15.1. The van der Waals surface area contributed by atoms with Crippen molar-refractivity contribution in [3.8, 4) is 11.1 Å². The van der Waals surface area contributed by atoms with Crippen molar-refractivity contribution in [1.29, 1.82) is 0 Å². The second-order valence-corrected chi connectivity index (χ2v) is 11.2. The Balaban J connectivity index is 1.26. The molecule has 3 heterocycles. The van der Waals surface area contributed by atoms with Gasteiger partial charge in [0.25, 0.3) is 11.7 Å². The Labute approximate surface area is 254 Å². The molecule has 224 valence electrons. The molecule has 0 saturated carbocycles. The number of unbranched alkanes of at least 4 members (excludes halogenated alkanes) is 1. The minimum atomic E-state index is -0.674. The lowest BCUT2D eigenvalue weighted by Gasteiger charge is -2.37. The highest BCUT2D eigenvalue weighted by molar-refractivity contribution is 6.47. The van der Waals surface area contributed by atoms with E-state index in [9.17, 15) is 9.59 Å². The number of hydrogen-bond acceptors (Lipinski definition) is 6. The van der Waals surface area contributed by atoms with Gasteiger partial charge in [-0.3, -0.25) is 9.59 Å². The Morgan fingerprint density at radius 2 is 1.58 bits per heavy atom. The molecule has 1 aliphatic heterocycles. The predicted molar refractivity (Wildman–Crippen MR) is 173 cm³/mol. The van der Waals surface area contributed by atoms with Crippen molar-refractivity contribution in [3.05, 3.63) is 95.4 Å². The Hall–Kier alpha value is -4.43. The molecule has 5 rings (SSSR count). The lowest BCUT2D eigenvalue weighted by atomic mass is 10.0. The number of hydrogen-bond donors (Lipinski definition) is 1. The van der Waals surface area contributed by atoms with Gasteiger partial charge in [-0.15, -0.1) is 0 Å². The van der Waals surface area contributed by atoms with Crippen LogP contribution in [0.5, 0.6) is 0 Å². The lowest BCUT2D eigenvalue weighted by molar-refractivity contribution is -0.112. The van der Waals surface area contributed by atoms with E-state index in [-0.39, 0.29) is 6.73 Å². The number of aryl methyl sites for hydroxylation is 3. The minimum Gasteiger partial charge on any atom is -0.368 e. The standard InChI is InChI=1S/C35H41N5O3/c1-5-6-20-43-24-40-27(4)23-31(28-10-8-7-9-11-28)33(40)34(41)35(42)37-29-12-14-30(15-13-29)38-16-18-39(19-17-38)32-22-25(2)21-26(3)36-32/h7-15,21-23H,5-6,16-20,24H2,1-4H3,(H,37,42). The number of carbonyl (C=O) groups excluding carboxylic acids is 2. The van der Waals surface area contributed by atoms with Gasteiger partial charge in [-0.1, -0.05) is 43.7 Å². The maximum atomic E-state index is 13.7. The van der Waals surface area contributed by atoms with E-state index >= 15 is 0 Å². The van der Waals surface area contributed by atoms with Crippen molar-refractivity contribution >= 4 is 28.9 Å². The summed E-state index contributed by atoms with van der Waals surface area (Å²) in [6.45, 7) is 12.5. The quantitative estimate of drug-likeness (QED) is 0.126. The van der Waals surface area contributed by atoms with Crippen LogP contribution in [0.1, 0.15) is 47.2 Å². The van der Waals surface area contributed by atoms with Crippen molar-refractivity contribution in [1.82, 2.24) is 9.55 Å². The SMILES string of the molecule is CCCCOCn1c(C)cc(-c2ccccc2)c1C(=O)C(=O)Nc1ccc(N2CCN(c3cc(C)cc(C)n3)CC2)cc1. The summed E-state index contributed by atoms with van der Waals surface area (Å²) in [6.07, 6.45) is 1.96. The zero-order valence-electron chi connectivity index (χ0n) is 25.6. The number of ketones is 1. The molecule has 0 radical (unpaired) electrons.